The van der Waals surface area contributed by atoms with Gasteiger partial charge in [0, 0.05) is 18.7 Å². The first-order valence-electron chi connectivity index (χ1n) is 7.66. The van der Waals surface area contributed by atoms with Gasteiger partial charge in [-0.25, -0.2) is 0 Å². The van der Waals surface area contributed by atoms with Crippen molar-refractivity contribution in [2.24, 2.45) is 17.8 Å². The highest BCUT2D eigenvalue weighted by Gasteiger charge is 2.35. The maximum absolute atomic E-state index is 5.50. The molecule has 3 aliphatic rings. The molecular weight excluding hydrogens is 210 g/mol. The van der Waals surface area contributed by atoms with Gasteiger partial charge in [0.2, 0.25) is 0 Å². The molecule has 3 rings (SSSR count). The van der Waals surface area contributed by atoms with Crippen LogP contribution in [-0.2, 0) is 4.74 Å². The monoisotopic (exact) mass is 237 g/mol. The Labute approximate surface area is 105 Å². The molecule has 17 heavy (non-hydrogen) atoms. The average molecular weight is 237 g/mol. The highest BCUT2D eigenvalue weighted by molar-refractivity contribution is 4.89. The van der Waals surface area contributed by atoms with Gasteiger partial charge in [0.05, 0.1) is 6.61 Å². The first kappa shape index (κ1) is 12.0. The third-order valence-electron chi connectivity index (χ3n) is 5.17. The van der Waals surface area contributed by atoms with Gasteiger partial charge >= 0.3 is 0 Å². The fourth-order valence-electron chi connectivity index (χ4n) is 3.83. The predicted molar refractivity (Wildman–Crippen MR) is 70.0 cm³/mol. The standard InChI is InChI=1S/C15H27NO/c1-11(14-7-8-17-10-14)16-15-4-2-3-13(9-15)12-5-6-12/h11-16H,2-10H2,1H3. The van der Waals surface area contributed by atoms with Crippen LogP contribution >= 0.6 is 0 Å². The number of nitrogens with one attached hydrogen (secondary N) is 1. The van der Waals surface area contributed by atoms with E-state index in [0.29, 0.717) is 6.04 Å². The van der Waals surface area contributed by atoms with E-state index in [1.54, 1.807) is 0 Å². The average Bonchev–Trinajstić information content (AvgIpc) is 3.04. The van der Waals surface area contributed by atoms with Gasteiger partial charge in [-0.3, -0.25) is 0 Å². The van der Waals surface area contributed by atoms with Crippen LogP contribution in [0.3, 0.4) is 0 Å². The van der Waals surface area contributed by atoms with Crippen molar-refractivity contribution >= 4 is 0 Å². The summed E-state index contributed by atoms with van der Waals surface area (Å²) in [7, 11) is 0. The van der Waals surface area contributed by atoms with Gasteiger partial charge in [0.25, 0.3) is 0 Å². The van der Waals surface area contributed by atoms with Crippen LogP contribution in [0.1, 0.15) is 51.9 Å². The summed E-state index contributed by atoms with van der Waals surface area (Å²) >= 11 is 0. The summed E-state index contributed by atoms with van der Waals surface area (Å²) in [5, 5.41) is 3.89. The van der Waals surface area contributed by atoms with Crippen LogP contribution in [0.5, 0.6) is 0 Å². The Morgan fingerprint density at radius 2 is 1.94 bits per heavy atom. The van der Waals surface area contributed by atoms with Crippen molar-refractivity contribution in [3.63, 3.8) is 0 Å². The lowest BCUT2D eigenvalue weighted by Gasteiger charge is -2.33. The molecule has 98 valence electrons. The van der Waals surface area contributed by atoms with E-state index in [9.17, 15) is 0 Å². The molecule has 2 nitrogen and oxygen atoms in total. The van der Waals surface area contributed by atoms with Crippen LogP contribution < -0.4 is 5.32 Å². The molecule has 1 aliphatic heterocycles. The highest BCUT2D eigenvalue weighted by Crippen LogP contribution is 2.44. The molecule has 2 saturated carbocycles. The highest BCUT2D eigenvalue weighted by atomic mass is 16.5. The van der Waals surface area contributed by atoms with Crippen LogP contribution in [0.2, 0.25) is 0 Å². The number of hydrogen-bond acceptors (Lipinski definition) is 2. The first-order valence-corrected chi connectivity index (χ1v) is 7.66. The number of rotatable bonds is 4. The minimum Gasteiger partial charge on any atom is -0.381 e. The SMILES string of the molecule is CC(NC1CCCC(C2CC2)C1)C1CCOC1. The van der Waals surface area contributed by atoms with Gasteiger partial charge in [0.15, 0.2) is 0 Å². The van der Waals surface area contributed by atoms with Crippen LogP contribution in [0, 0.1) is 17.8 Å². The lowest BCUT2D eigenvalue weighted by molar-refractivity contribution is 0.171. The maximum Gasteiger partial charge on any atom is 0.0509 e. The fourth-order valence-corrected chi connectivity index (χ4v) is 3.83. The van der Waals surface area contributed by atoms with Crippen molar-refractivity contribution in [2.75, 3.05) is 13.2 Å². The van der Waals surface area contributed by atoms with Gasteiger partial charge in [-0.1, -0.05) is 12.8 Å². The molecule has 0 bridgehead atoms. The Morgan fingerprint density at radius 3 is 2.65 bits per heavy atom. The summed E-state index contributed by atoms with van der Waals surface area (Å²) in [6.45, 7) is 4.32. The van der Waals surface area contributed by atoms with Gasteiger partial charge in [-0.15, -0.1) is 0 Å². The molecule has 4 atom stereocenters. The topological polar surface area (TPSA) is 21.3 Å². The van der Waals surface area contributed by atoms with Crippen LogP contribution in [0.25, 0.3) is 0 Å². The summed E-state index contributed by atoms with van der Waals surface area (Å²) in [5.41, 5.74) is 0. The van der Waals surface area contributed by atoms with E-state index in [4.69, 9.17) is 4.74 Å². The summed E-state index contributed by atoms with van der Waals surface area (Å²) < 4.78 is 5.50. The molecule has 1 heterocycles. The van der Waals surface area contributed by atoms with Gasteiger partial charge < -0.3 is 10.1 Å². The van der Waals surface area contributed by atoms with E-state index in [1.807, 2.05) is 0 Å². The van der Waals surface area contributed by atoms with Crippen molar-refractivity contribution in [2.45, 2.75) is 64.0 Å². The van der Waals surface area contributed by atoms with Crippen molar-refractivity contribution in [3.05, 3.63) is 0 Å². The molecule has 0 aromatic carbocycles. The van der Waals surface area contributed by atoms with Gasteiger partial charge in [-0.05, 0) is 56.8 Å². The Balaban J connectivity index is 1.46. The van der Waals surface area contributed by atoms with Crippen molar-refractivity contribution in [1.82, 2.24) is 5.32 Å². The van der Waals surface area contributed by atoms with Crippen LogP contribution in [0.4, 0.5) is 0 Å². The maximum atomic E-state index is 5.50. The van der Waals surface area contributed by atoms with E-state index in [1.165, 1.54) is 44.9 Å². The molecule has 2 aliphatic carbocycles. The van der Waals surface area contributed by atoms with Gasteiger partial charge in [-0.2, -0.15) is 0 Å². The molecule has 0 aromatic heterocycles. The summed E-state index contributed by atoms with van der Waals surface area (Å²) in [5.74, 6) is 2.91. The first-order chi connectivity index (χ1) is 8.33. The third kappa shape index (κ3) is 3.03. The molecule has 0 spiro atoms. The molecule has 0 amide bonds. The van der Waals surface area contributed by atoms with E-state index in [0.717, 1.165) is 37.0 Å². The second-order valence-corrected chi connectivity index (χ2v) is 6.54. The number of ether oxygens (including phenoxy) is 1. The minimum atomic E-state index is 0.653. The second-order valence-electron chi connectivity index (χ2n) is 6.54. The molecule has 1 saturated heterocycles. The lowest BCUT2D eigenvalue weighted by atomic mass is 9.82. The van der Waals surface area contributed by atoms with E-state index < -0.39 is 0 Å². The summed E-state index contributed by atoms with van der Waals surface area (Å²) in [6, 6.07) is 1.45. The Hall–Kier alpha value is -0.0800. The molecule has 0 aromatic rings. The summed E-state index contributed by atoms with van der Waals surface area (Å²) in [6.07, 6.45) is 10.1. The molecule has 1 N–H and O–H groups in total. The second kappa shape index (κ2) is 5.27. The molecule has 4 unspecified atom stereocenters. The molecular formula is C15H27NO. The van der Waals surface area contributed by atoms with Gasteiger partial charge in [0.1, 0.15) is 0 Å². The quantitative estimate of drug-likeness (QED) is 0.811. The van der Waals surface area contributed by atoms with Crippen molar-refractivity contribution < 1.29 is 4.74 Å². The number of hydrogen-bond donors (Lipinski definition) is 1. The summed E-state index contributed by atoms with van der Waals surface area (Å²) in [4.78, 5) is 0. The van der Waals surface area contributed by atoms with Crippen molar-refractivity contribution in [3.8, 4) is 0 Å². The lowest BCUT2D eigenvalue weighted by Crippen LogP contribution is -2.43. The molecule has 2 heteroatoms. The molecule has 0 radical (unpaired) electrons. The zero-order chi connectivity index (χ0) is 11.7. The minimum absolute atomic E-state index is 0.653. The predicted octanol–water partition coefficient (Wildman–Crippen LogP) is 2.97. The molecule has 3 fully saturated rings. The Bertz CT molecular complexity index is 245. The normalized spacial score (nSPS) is 40.4. The Kier molecular flexibility index (Phi) is 3.72. The van der Waals surface area contributed by atoms with E-state index >= 15 is 0 Å². The van der Waals surface area contributed by atoms with Crippen LogP contribution in [-0.4, -0.2) is 25.3 Å². The fraction of sp³-hybridized carbons (Fsp3) is 1.00. The zero-order valence-electron chi connectivity index (χ0n) is 11.2. The zero-order valence-corrected chi connectivity index (χ0v) is 11.2. The largest absolute Gasteiger partial charge is 0.381 e. The smallest absolute Gasteiger partial charge is 0.0509 e. The van der Waals surface area contributed by atoms with E-state index in [-0.39, 0.29) is 0 Å². The Morgan fingerprint density at radius 1 is 1.06 bits per heavy atom. The van der Waals surface area contributed by atoms with Crippen molar-refractivity contribution in [1.29, 1.82) is 0 Å². The third-order valence-corrected chi connectivity index (χ3v) is 5.17. The van der Waals surface area contributed by atoms with E-state index in [2.05, 4.69) is 12.2 Å². The van der Waals surface area contributed by atoms with Crippen LogP contribution in [0.15, 0.2) is 0 Å².